The summed E-state index contributed by atoms with van der Waals surface area (Å²) in [6.07, 6.45) is 3.07. The summed E-state index contributed by atoms with van der Waals surface area (Å²) >= 11 is 18.3. The van der Waals surface area contributed by atoms with Crippen molar-refractivity contribution in [2.45, 2.75) is 0 Å². The summed E-state index contributed by atoms with van der Waals surface area (Å²) in [4.78, 5) is 8.39. The topological polar surface area (TPSA) is 65.2 Å². The highest BCUT2D eigenvalue weighted by Gasteiger charge is 2.06. The van der Waals surface area contributed by atoms with E-state index in [9.17, 15) is 10.2 Å². The van der Waals surface area contributed by atoms with Crippen molar-refractivity contribution in [1.29, 1.82) is 0 Å². The molecule has 24 heavy (non-hydrogen) atoms. The lowest BCUT2D eigenvalue weighted by molar-refractivity contribution is 0.470. The van der Waals surface area contributed by atoms with E-state index in [1.165, 1.54) is 12.4 Å². The van der Waals surface area contributed by atoms with Crippen LogP contribution in [0.25, 0.3) is 0 Å². The number of aromatic hydroxyl groups is 2. The summed E-state index contributed by atoms with van der Waals surface area (Å²) in [5.41, 5.74) is 1.05. The third kappa shape index (κ3) is 5.21. The van der Waals surface area contributed by atoms with Gasteiger partial charge in [-0.05, 0) is 56.1 Å². The number of nitrogens with zero attached hydrogens (tertiary/aromatic N) is 2. The predicted octanol–water partition coefficient (Wildman–Crippen LogP) is 5.47. The van der Waals surface area contributed by atoms with Gasteiger partial charge in [-0.1, -0.05) is 23.2 Å². The molecule has 0 spiro atoms. The lowest BCUT2D eigenvalue weighted by atomic mass is 10.2. The molecule has 0 unspecified atom stereocenters. The molecule has 8 heteroatoms. The number of hydrogen-bond acceptors (Lipinski definition) is 4. The fourth-order valence-corrected chi connectivity index (χ4v) is 3.48. The Morgan fingerprint density at radius 1 is 0.792 bits per heavy atom. The van der Waals surface area contributed by atoms with Crippen molar-refractivity contribution in [3.05, 3.63) is 54.4 Å². The second kappa shape index (κ2) is 8.85. The van der Waals surface area contributed by atoms with Crippen molar-refractivity contribution < 1.29 is 10.2 Å². The van der Waals surface area contributed by atoms with E-state index in [-0.39, 0.29) is 11.5 Å². The zero-order chi connectivity index (χ0) is 17.7. The van der Waals surface area contributed by atoms with E-state index in [0.29, 0.717) is 43.2 Å². The monoisotopic (exact) mass is 492 g/mol. The van der Waals surface area contributed by atoms with Crippen molar-refractivity contribution in [2.75, 3.05) is 13.1 Å². The van der Waals surface area contributed by atoms with Crippen LogP contribution in [0.3, 0.4) is 0 Å². The van der Waals surface area contributed by atoms with Gasteiger partial charge in [-0.15, -0.1) is 0 Å². The Morgan fingerprint density at radius 2 is 1.17 bits per heavy atom. The van der Waals surface area contributed by atoms with Crippen LogP contribution in [-0.4, -0.2) is 35.7 Å². The predicted molar refractivity (Wildman–Crippen MR) is 107 cm³/mol. The molecule has 0 saturated heterocycles. The van der Waals surface area contributed by atoms with Gasteiger partial charge >= 0.3 is 0 Å². The summed E-state index contributed by atoms with van der Waals surface area (Å²) in [7, 11) is 0. The summed E-state index contributed by atoms with van der Waals surface area (Å²) in [5, 5.41) is 20.8. The minimum Gasteiger partial charge on any atom is -0.506 e. The molecule has 0 saturated carbocycles. The first-order valence-electron chi connectivity index (χ1n) is 6.74. The van der Waals surface area contributed by atoms with E-state index in [4.69, 9.17) is 23.2 Å². The molecule has 0 aliphatic heterocycles. The van der Waals surface area contributed by atoms with Gasteiger partial charge in [-0.2, -0.15) is 0 Å². The Bertz CT molecular complexity index is 744. The molecule has 126 valence electrons. The van der Waals surface area contributed by atoms with E-state index in [2.05, 4.69) is 41.8 Å². The van der Waals surface area contributed by atoms with Crippen LogP contribution in [0, 0.1) is 0 Å². The van der Waals surface area contributed by atoms with E-state index in [1.807, 2.05) is 0 Å². The van der Waals surface area contributed by atoms with Gasteiger partial charge in [0.1, 0.15) is 11.5 Å². The van der Waals surface area contributed by atoms with E-state index in [0.717, 1.165) is 0 Å². The first-order chi connectivity index (χ1) is 11.4. The SMILES string of the molecule is Oc1c(Br)cc(Cl)cc1C=NCCN=Cc1cc(Cl)cc(Br)c1O. The maximum Gasteiger partial charge on any atom is 0.138 e. The van der Waals surface area contributed by atoms with Crippen LogP contribution in [0.5, 0.6) is 11.5 Å². The van der Waals surface area contributed by atoms with E-state index >= 15 is 0 Å². The summed E-state index contributed by atoms with van der Waals surface area (Å²) in [6, 6.07) is 6.45. The van der Waals surface area contributed by atoms with Crippen LogP contribution < -0.4 is 0 Å². The van der Waals surface area contributed by atoms with Crippen molar-refractivity contribution in [1.82, 2.24) is 0 Å². The molecule has 0 aromatic heterocycles. The smallest absolute Gasteiger partial charge is 0.138 e. The minimum absolute atomic E-state index is 0.0837. The molecule has 2 aromatic rings. The number of halogens is 4. The molecule has 2 rings (SSSR count). The number of phenols is 2. The minimum atomic E-state index is 0.0837. The molecule has 4 nitrogen and oxygen atoms in total. The second-order valence-electron chi connectivity index (χ2n) is 4.72. The molecule has 0 aliphatic carbocycles. The summed E-state index contributed by atoms with van der Waals surface area (Å²) in [5.74, 6) is 0.167. The summed E-state index contributed by atoms with van der Waals surface area (Å²) in [6.45, 7) is 0.838. The zero-order valence-electron chi connectivity index (χ0n) is 12.2. The van der Waals surface area contributed by atoms with Crippen LogP contribution >= 0.6 is 55.1 Å². The van der Waals surface area contributed by atoms with Gasteiger partial charge in [0.15, 0.2) is 0 Å². The lowest BCUT2D eigenvalue weighted by Crippen LogP contribution is -1.92. The molecule has 0 fully saturated rings. The zero-order valence-corrected chi connectivity index (χ0v) is 16.9. The third-order valence-electron chi connectivity index (χ3n) is 2.93. The van der Waals surface area contributed by atoms with E-state index in [1.54, 1.807) is 24.3 Å². The average molecular weight is 495 g/mol. The van der Waals surface area contributed by atoms with Crippen molar-refractivity contribution in [2.24, 2.45) is 9.98 Å². The van der Waals surface area contributed by atoms with Gasteiger partial charge in [-0.3, -0.25) is 9.98 Å². The lowest BCUT2D eigenvalue weighted by Gasteiger charge is -2.03. The molecule has 0 amide bonds. The van der Waals surface area contributed by atoms with Gasteiger partial charge in [-0.25, -0.2) is 0 Å². The van der Waals surface area contributed by atoms with Crippen molar-refractivity contribution in [3.8, 4) is 11.5 Å². The molecule has 0 aliphatic rings. The number of hydrogen-bond donors (Lipinski definition) is 2. The van der Waals surface area contributed by atoms with Crippen LogP contribution in [0.15, 0.2) is 43.2 Å². The summed E-state index contributed by atoms with van der Waals surface area (Å²) < 4.78 is 1.02. The van der Waals surface area contributed by atoms with Gasteiger partial charge in [0.05, 0.1) is 22.0 Å². The van der Waals surface area contributed by atoms with Crippen LogP contribution in [0.1, 0.15) is 11.1 Å². The number of aliphatic imine (C=N–C) groups is 2. The maximum atomic E-state index is 9.88. The van der Waals surface area contributed by atoms with Crippen molar-refractivity contribution >= 4 is 67.5 Å². The Kier molecular flexibility index (Phi) is 7.10. The third-order valence-corrected chi connectivity index (χ3v) is 4.58. The Labute approximate surface area is 166 Å². The first kappa shape index (κ1) is 19.2. The number of benzene rings is 2. The van der Waals surface area contributed by atoms with Crippen molar-refractivity contribution in [3.63, 3.8) is 0 Å². The largest absolute Gasteiger partial charge is 0.506 e. The number of phenolic OH excluding ortho intramolecular Hbond substituents is 2. The molecule has 0 atom stereocenters. The standard InChI is InChI=1S/C16H12Br2Cl2N2O2/c17-13-5-11(19)3-9(15(13)23)7-21-1-2-22-8-10-4-12(20)6-14(18)16(10)24/h3-8,23-24H,1-2H2. The maximum absolute atomic E-state index is 9.88. The van der Waals surface area contributed by atoms with Crippen LogP contribution in [0.4, 0.5) is 0 Å². The Morgan fingerprint density at radius 3 is 1.54 bits per heavy atom. The van der Waals surface area contributed by atoms with Crippen LogP contribution in [-0.2, 0) is 0 Å². The van der Waals surface area contributed by atoms with E-state index < -0.39 is 0 Å². The molecule has 0 radical (unpaired) electrons. The molecular weight excluding hydrogens is 483 g/mol. The molecule has 2 N–H and O–H groups in total. The Balaban J connectivity index is 1.96. The van der Waals surface area contributed by atoms with Gasteiger partial charge < -0.3 is 10.2 Å². The average Bonchev–Trinajstić information content (AvgIpc) is 2.51. The molecule has 2 aromatic carbocycles. The fourth-order valence-electron chi connectivity index (χ4n) is 1.81. The highest BCUT2D eigenvalue weighted by Crippen LogP contribution is 2.31. The normalized spacial score (nSPS) is 11.7. The highest BCUT2D eigenvalue weighted by molar-refractivity contribution is 9.10. The second-order valence-corrected chi connectivity index (χ2v) is 7.30. The fraction of sp³-hybridized carbons (Fsp3) is 0.125. The van der Waals surface area contributed by atoms with Crippen LogP contribution in [0.2, 0.25) is 10.0 Å². The Hall–Kier alpha value is -1.08. The van der Waals surface area contributed by atoms with Gasteiger partial charge in [0.25, 0.3) is 0 Å². The number of rotatable bonds is 5. The molecular formula is C16H12Br2Cl2N2O2. The van der Waals surface area contributed by atoms with Gasteiger partial charge in [0, 0.05) is 33.6 Å². The van der Waals surface area contributed by atoms with Gasteiger partial charge in [0.2, 0.25) is 0 Å². The highest BCUT2D eigenvalue weighted by atomic mass is 79.9. The molecule has 0 bridgehead atoms. The quantitative estimate of drug-likeness (QED) is 0.427. The first-order valence-corrected chi connectivity index (χ1v) is 9.08. The molecule has 0 heterocycles.